The average molecular weight is 277 g/mol. The van der Waals surface area contributed by atoms with Crippen molar-refractivity contribution >= 4 is 5.82 Å². The molecule has 3 nitrogen and oxygen atoms in total. The minimum atomic E-state index is 0.227. The lowest BCUT2D eigenvalue weighted by Crippen LogP contribution is -2.18. The van der Waals surface area contributed by atoms with Crippen molar-refractivity contribution in [2.45, 2.75) is 18.9 Å². The van der Waals surface area contributed by atoms with E-state index in [1.54, 1.807) is 6.20 Å². The third-order valence-corrected chi connectivity index (χ3v) is 3.68. The molecule has 0 fully saturated rings. The molecule has 1 heterocycles. The fraction of sp³-hybridized carbons (Fsp3) is 0.167. The summed E-state index contributed by atoms with van der Waals surface area (Å²) in [5.41, 5.74) is 8.65. The quantitative estimate of drug-likeness (QED) is 0.775. The second-order valence-electron chi connectivity index (χ2n) is 5.23. The van der Waals surface area contributed by atoms with Gasteiger partial charge in [-0.3, -0.25) is 0 Å². The summed E-state index contributed by atoms with van der Waals surface area (Å²) in [7, 11) is 0. The molecule has 2 N–H and O–H groups in total. The summed E-state index contributed by atoms with van der Waals surface area (Å²) in [6.45, 7) is 0. The Morgan fingerprint density at radius 3 is 1.76 bits per heavy atom. The monoisotopic (exact) mass is 277 g/mol. The number of hydrogen-bond acceptors (Lipinski definition) is 2. The molecule has 0 spiro atoms. The SMILES string of the molecule is Nc1ccnn1C(Cc1ccccc1)Cc1ccccc1. The van der Waals surface area contributed by atoms with Gasteiger partial charge in [-0.1, -0.05) is 60.7 Å². The molecule has 0 aliphatic rings. The van der Waals surface area contributed by atoms with Crippen molar-refractivity contribution in [1.29, 1.82) is 0 Å². The normalized spacial score (nSPS) is 10.9. The largest absolute Gasteiger partial charge is 0.384 e. The molecule has 0 saturated heterocycles. The second kappa shape index (κ2) is 6.27. The van der Waals surface area contributed by atoms with Gasteiger partial charge in [0.25, 0.3) is 0 Å². The molecule has 3 aromatic rings. The zero-order valence-corrected chi connectivity index (χ0v) is 11.9. The van der Waals surface area contributed by atoms with Crippen molar-refractivity contribution in [2.75, 3.05) is 5.73 Å². The fourth-order valence-corrected chi connectivity index (χ4v) is 2.65. The highest BCUT2D eigenvalue weighted by Crippen LogP contribution is 2.21. The van der Waals surface area contributed by atoms with E-state index in [2.05, 4.69) is 53.6 Å². The van der Waals surface area contributed by atoms with Crippen LogP contribution in [0.4, 0.5) is 5.82 Å². The molecule has 0 amide bonds. The zero-order chi connectivity index (χ0) is 14.5. The van der Waals surface area contributed by atoms with Crippen molar-refractivity contribution in [2.24, 2.45) is 0 Å². The predicted octanol–water partition coefficient (Wildman–Crippen LogP) is 3.49. The summed E-state index contributed by atoms with van der Waals surface area (Å²) in [4.78, 5) is 0. The van der Waals surface area contributed by atoms with Crippen molar-refractivity contribution in [3.63, 3.8) is 0 Å². The van der Waals surface area contributed by atoms with Crippen LogP contribution in [-0.2, 0) is 12.8 Å². The molecule has 0 aliphatic heterocycles. The van der Waals surface area contributed by atoms with Gasteiger partial charge in [-0.15, -0.1) is 0 Å². The molecule has 2 aromatic carbocycles. The standard InChI is InChI=1S/C18H19N3/c19-18-11-12-20-21(18)17(13-15-7-3-1-4-8-15)14-16-9-5-2-6-10-16/h1-12,17H,13-14,19H2. The summed E-state index contributed by atoms with van der Waals surface area (Å²) in [6, 6.07) is 23.0. The minimum Gasteiger partial charge on any atom is -0.384 e. The van der Waals surface area contributed by atoms with E-state index in [4.69, 9.17) is 5.73 Å². The van der Waals surface area contributed by atoms with E-state index in [-0.39, 0.29) is 6.04 Å². The lowest BCUT2D eigenvalue weighted by Gasteiger charge is -2.19. The van der Waals surface area contributed by atoms with Crippen LogP contribution in [0.5, 0.6) is 0 Å². The van der Waals surface area contributed by atoms with Gasteiger partial charge >= 0.3 is 0 Å². The Balaban J connectivity index is 1.86. The van der Waals surface area contributed by atoms with Gasteiger partial charge in [0.1, 0.15) is 5.82 Å². The number of anilines is 1. The van der Waals surface area contributed by atoms with E-state index in [0.29, 0.717) is 5.82 Å². The lowest BCUT2D eigenvalue weighted by atomic mass is 9.99. The molecular formula is C18H19N3. The van der Waals surface area contributed by atoms with Crippen LogP contribution in [0.1, 0.15) is 17.2 Å². The van der Waals surface area contributed by atoms with Crippen LogP contribution in [0.25, 0.3) is 0 Å². The minimum absolute atomic E-state index is 0.227. The average Bonchev–Trinajstić information content (AvgIpc) is 2.95. The number of nitrogens with two attached hydrogens (primary N) is 1. The molecular weight excluding hydrogens is 258 g/mol. The predicted molar refractivity (Wildman–Crippen MR) is 86.0 cm³/mol. The maximum absolute atomic E-state index is 6.05. The molecule has 0 saturated carbocycles. The van der Waals surface area contributed by atoms with E-state index >= 15 is 0 Å². The van der Waals surface area contributed by atoms with Crippen molar-refractivity contribution in [3.05, 3.63) is 84.1 Å². The number of nitrogens with zero attached hydrogens (tertiary/aromatic N) is 2. The maximum atomic E-state index is 6.05. The van der Waals surface area contributed by atoms with Gasteiger partial charge < -0.3 is 5.73 Å². The van der Waals surface area contributed by atoms with Gasteiger partial charge in [0.05, 0.1) is 12.2 Å². The van der Waals surface area contributed by atoms with Crippen LogP contribution in [0.3, 0.4) is 0 Å². The summed E-state index contributed by atoms with van der Waals surface area (Å²) in [5.74, 6) is 0.715. The van der Waals surface area contributed by atoms with Crippen LogP contribution in [0.2, 0.25) is 0 Å². The molecule has 0 bridgehead atoms. The molecule has 0 aliphatic carbocycles. The van der Waals surface area contributed by atoms with Crippen LogP contribution < -0.4 is 5.73 Å². The molecule has 21 heavy (non-hydrogen) atoms. The zero-order valence-electron chi connectivity index (χ0n) is 11.9. The number of aromatic nitrogens is 2. The van der Waals surface area contributed by atoms with Crippen molar-refractivity contribution < 1.29 is 0 Å². The Morgan fingerprint density at radius 2 is 1.33 bits per heavy atom. The lowest BCUT2D eigenvalue weighted by molar-refractivity contribution is 0.454. The van der Waals surface area contributed by atoms with Crippen LogP contribution in [0, 0.1) is 0 Å². The smallest absolute Gasteiger partial charge is 0.121 e. The van der Waals surface area contributed by atoms with Gasteiger partial charge in [-0.2, -0.15) is 5.10 Å². The summed E-state index contributed by atoms with van der Waals surface area (Å²) < 4.78 is 1.93. The first kappa shape index (κ1) is 13.4. The third-order valence-electron chi connectivity index (χ3n) is 3.68. The maximum Gasteiger partial charge on any atom is 0.121 e. The topological polar surface area (TPSA) is 43.8 Å². The Labute approximate surface area is 125 Å². The van der Waals surface area contributed by atoms with Crippen molar-refractivity contribution in [1.82, 2.24) is 9.78 Å². The molecule has 3 rings (SSSR count). The molecule has 0 radical (unpaired) electrons. The van der Waals surface area contributed by atoms with E-state index < -0.39 is 0 Å². The molecule has 106 valence electrons. The van der Waals surface area contributed by atoms with Crippen LogP contribution in [-0.4, -0.2) is 9.78 Å². The first-order valence-corrected chi connectivity index (χ1v) is 7.20. The molecule has 0 unspecified atom stereocenters. The van der Waals surface area contributed by atoms with Gasteiger partial charge in [-0.25, -0.2) is 4.68 Å². The first-order valence-electron chi connectivity index (χ1n) is 7.20. The number of rotatable bonds is 5. The van der Waals surface area contributed by atoms with Gasteiger partial charge in [0.2, 0.25) is 0 Å². The number of nitrogen functional groups attached to an aromatic ring is 1. The second-order valence-corrected chi connectivity index (χ2v) is 5.23. The third kappa shape index (κ3) is 3.31. The highest BCUT2D eigenvalue weighted by molar-refractivity contribution is 5.28. The first-order chi connectivity index (χ1) is 10.3. The fourth-order valence-electron chi connectivity index (χ4n) is 2.65. The Bertz CT molecular complexity index is 632. The molecule has 1 aromatic heterocycles. The van der Waals surface area contributed by atoms with E-state index in [9.17, 15) is 0 Å². The van der Waals surface area contributed by atoms with Gasteiger partial charge in [-0.05, 0) is 30.0 Å². The molecule has 3 heteroatoms. The number of hydrogen-bond donors (Lipinski definition) is 1. The Morgan fingerprint density at radius 1 is 0.810 bits per heavy atom. The summed E-state index contributed by atoms with van der Waals surface area (Å²) in [6.07, 6.45) is 3.60. The van der Waals surface area contributed by atoms with Crippen LogP contribution in [0.15, 0.2) is 72.9 Å². The Hall–Kier alpha value is -2.55. The summed E-state index contributed by atoms with van der Waals surface area (Å²) in [5, 5.41) is 4.40. The molecule has 0 atom stereocenters. The van der Waals surface area contributed by atoms with E-state index in [1.807, 2.05) is 22.9 Å². The van der Waals surface area contributed by atoms with Gasteiger partial charge in [0.15, 0.2) is 0 Å². The summed E-state index contributed by atoms with van der Waals surface area (Å²) >= 11 is 0. The van der Waals surface area contributed by atoms with E-state index in [0.717, 1.165) is 12.8 Å². The van der Waals surface area contributed by atoms with Crippen molar-refractivity contribution in [3.8, 4) is 0 Å². The van der Waals surface area contributed by atoms with Crippen LogP contribution >= 0.6 is 0 Å². The Kier molecular flexibility index (Phi) is 4.01. The van der Waals surface area contributed by atoms with Gasteiger partial charge in [0, 0.05) is 0 Å². The van der Waals surface area contributed by atoms with E-state index in [1.165, 1.54) is 11.1 Å². The number of benzene rings is 2. The highest BCUT2D eigenvalue weighted by Gasteiger charge is 2.15. The highest BCUT2D eigenvalue weighted by atomic mass is 15.3.